The third-order valence-corrected chi connectivity index (χ3v) is 3.85. The average molecular weight is 441 g/mol. The molecule has 0 aliphatic heterocycles. The standard InChI is InChI=1S/C14H22B3N3O11/c1-7(20(2)4-3-9(19-29)18-6-21)31-8(10(15)22)5-30-11(23)12(24,13(16,17)25)14(26,27)28/h3-4,6-8,10,22,24-29H,5H2,1-2H3,(H,18,19,21)/b4-3-. The first-order chi connectivity index (χ1) is 14.0. The lowest BCUT2D eigenvalue weighted by molar-refractivity contribution is -0.395. The molecule has 0 rings (SSSR count). The second-order valence-corrected chi connectivity index (χ2v) is 6.26. The zero-order chi connectivity index (χ0) is 24.6. The van der Waals surface area contributed by atoms with Crippen LogP contribution in [-0.2, 0) is 19.1 Å². The quantitative estimate of drug-likeness (QED) is 0.0207. The van der Waals surface area contributed by atoms with E-state index in [9.17, 15) is 24.9 Å². The van der Waals surface area contributed by atoms with Crippen LogP contribution in [0.2, 0.25) is 0 Å². The Hall–Kier alpha value is -2.14. The highest BCUT2D eigenvalue weighted by Crippen LogP contribution is 2.28. The van der Waals surface area contributed by atoms with Crippen LogP contribution in [0.1, 0.15) is 6.92 Å². The van der Waals surface area contributed by atoms with E-state index in [0.717, 1.165) is 0 Å². The molecular formula is C14H22B3N3O11. The molecule has 0 aromatic carbocycles. The molecule has 0 heterocycles. The SMILES string of the molecule is [B]C(O)C(COC(=O)C(O)(C([B])([B])O)C(O)(O)O)OC(C)N(C)/C=C\C(=NO)NC=O. The highest BCUT2D eigenvalue weighted by atomic mass is 16.7. The van der Waals surface area contributed by atoms with Crippen molar-refractivity contribution in [1.82, 2.24) is 10.2 Å². The summed E-state index contributed by atoms with van der Waals surface area (Å²) in [6, 6.07) is -1.77. The number of amides is 1. The van der Waals surface area contributed by atoms with Crippen molar-refractivity contribution in [3.05, 3.63) is 12.3 Å². The minimum absolute atomic E-state index is 0.214. The van der Waals surface area contributed by atoms with Gasteiger partial charge in [-0.1, -0.05) is 5.16 Å². The van der Waals surface area contributed by atoms with Crippen molar-refractivity contribution >= 4 is 41.8 Å². The Kier molecular flexibility index (Phi) is 10.7. The zero-order valence-electron chi connectivity index (χ0n) is 16.6. The largest absolute Gasteiger partial charge is 0.460 e. The number of oxime groups is 1. The highest BCUT2D eigenvalue weighted by Gasteiger charge is 2.63. The van der Waals surface area contributed by atoms with Crippen LogP contribution in [0, 0.1) is 0 Å². The third-order valence-electron chi connectivity index (χ3n) is 3.85. The minimum atomic E-state index is -4.32. The Bertz CT molecular complexity index is 650. The molecule has 0 saturated carbocycles. The summed E-state index contributed by atoms with van der Waals surface area (Å²) in [7, 11) is 16.6. The van der Waals surface area contributed by atoms with Crippen molar-refractivity contribution < 1.29 is 54.9 Å². The minimum Gasteiger partial charge on any atom is -0.460 e. The molecule has 31 heavy (non-hydrogen) atoms. The van der Waals surface area contributed by atoms with Gasteiger partial charge >= 0.3 is 11.9 Å². The van der Waals surface area contributed by atoms with E-state index in [1.807, 2.05) is 0 Å². The summed E-state index contributed by atoms with van der Waals surface area (Å²) in [5.41, 5.74) is -4.03. The van der Waals surface area contributed by atoms with Crippen LogP contribution in [-0.4, -0.2) is 131 Å². The van der Waals surface area contributed by atoms with Gasteiger partial charge in [-0.2, -0.15) is 0 Å². The number of esters is 1. The molecular weight excluding hydrogens is 419 g/mol. The Balaban J connectivity index is 5.26. The maximum absolute atomic E-state index is 12.0. The molecule has 17 heteroatoms. The number of amidine groups is 1. The number of carbonyl (C=O) groups excluding carboxylic acids is 2. The molecule has 1 amide bonds. The zero-order valence-corrected chi connectivity index (χ0v) is 16.6. The molecule has 0 aliphatic carbocycles. The van der Waals surface area contributed by atoms with E-state index in [1.165, 1.54) is 31.1 Å². The van der Waals surface area contributed by atoms with Crippen LogP contribution in [0.3, 0.4) is 0 Å². The fourth-order valence-electron chi connectivity index (χ4n) is 1.88. The predicted octanol–water partition coefficient (Wildman–Crippen LogP) is -5.93. The van der Waals surface area contributed by atoms with E-state index in [-0.39, 0.29) is 12.2 Å². The molecule has 6 radical (unpaired) electrons. The smallest absolute Gasteiger partial charge is 0.348 e. The van der Waals surface area contributed by atoms with Crippen LogP contribution >= 0.6 is 0 Å². The van der Waals surface area contributed by atoms with E-state index in [0.29, 0.717) is 0 Å². The van der Waals surface area contributed by atoms with Gasteiger partial charge in [0, 0.05) is 30.7 Å². The average Bonchev–Trinajstić information content (AvgIpc) is 2.64. The fourth-order valence-corrected chi connectivity index (χ4v) is 1.88. The summed E-state index contributed by atoms with van der Waals surface area (Å²) in [5, 5.41) is 66.5. The van der Waals surface area contributed by atoms with Gasteiger partial charge in [0.25, 0.3) is 5.60 Å². The normalized spacial score (nSPS) is 18.0. The van der Waals surface area contributed by atoms with Gasteiger partial charge in [0.15, 0.2) is 5.84 Å². The first kappa shape index (κ1) is 28.9. The Labute approximate surface area is 181 Å². The molecule has 0 bridgehead atoms. The van der Waals surface area contributed by atoms with E-state index in [1.54, 1.807) is 0 Å². The van der Waals surface area contributed by atoms with Crippen molar-refractivity contribution in [3.8, 4) is 0 Å². The third kappa shape index (κ3) is 7.81. The van der Waals surface area contributed by atoms with Gasteiger partial charge in [0.05, 0.1) is 0 Å². The molecule has 0 aliphatic rings. The van der Waals surface area contributed by atoms with Crippen LogP contribution in [0.25, 0.3) is 0 Å². The van der Waals surface area contributed by atoms with Crippen LogP contribution in [0.4, 0.5) is 0 Å². The molecule has 0 aromatic heterocycles. The number of aliphatic hydroxyl groups is 6. The summed E-state index contributed by atoms with van der Waals surface area (Å²) >= 11 is 0. The van der Waals surface area contributed by atoms with Gasteiger partial charge in [-0.05, 0) is 6.92 Å². The molecule has 14 nitrogen and oxygen atoms in total. The van der Waals surface area contributed by atoms with Crippen molar-refractivity contribution in [2.24, 2.45) is 5.16 Å². The number of ether oxygens (including phenoxy) is 2. The molecule has 0 spiro atoms. The topological polar surface area (TPSA) is 222 Å². The number of aliphatic hydroxyl groups excluding tert-OH is 1. The Morgan fingerprint density at radius 2 is 1.81 bits per heavy atom. The monoisotopic (exact) mass is 441 g/mol. The lowest BCUT2D eigenvalue weighted by Crippen LogP contribution is -2.73. The predicted molar refractivity (Wildman–Crippen MR) is 103 cm³/mol. The van der Waals surface area contributed by atoms with Crippen molar-refractivity contribution in [1.29, 1.82) is 0 Å². The fraction of sp³-hybridized carbons (Fsp3) is 0.643. The molecule has 0 aromatic rings. The number of hydrogen-bond acceptors (Lipinski definition) is 13. The van der Waals surface area contributed by atoms with Crippen molar-refractivity contribution in [2.75, 3.05) is 13.7 Å². The molecule has 168 valence electrons. The number of nitrogens with one attached hydrogen (secondary N) is 1. The van der Waals surface area contributed by atoms with Gasteiger partial charge in [0.1, 0.15) is 42.5 Å². The first-order valence-corrected chi connectivity index (χ1v) is 8.31. The lowest BCUT2D eigenvalue weighted by atomic mass is 9.55. The molecule has 4 atom stereocenters. The number of carbonyl (C=O) groups is 2. The van der Waals surface area contributed by atoms with E-state index in [4.69, 9.17) is 48.8 Å². The maximum atomic E-state index is 12.0. The van der Waals surface area contributed by atoms with E-state index in [2.05, 4.69) is 15.2 Å². The van der Waals surface area contributed by atoms with E-state index < -0.39 is 47.9 Å². The second kappa shape index (κ2) is 11.5. The molecule has 4 unspecified atom stereocenters. The van der Waals surface area contributed by atoms with E-state index >= 15 is 0 Å². The van der Waals surface area contributed by atoms with Crippen molar-refractivity contribution in [3.63, 3.8) is 0 Å². The highest BCUT2D eigenvalue weighted by molar-refractivity contribution is 6.41. The number of hydrogen-bond donors (Lipinski definition) is 8. The van der Waals surface area contributed by atoms with Crippen LogP contribution in [0.5, 0.6) is 0 Å². The Morgan fingerprint density at radius 3 is 2.19 bits per heavy atom. The number of rotatable bonds is 12. The summed E-state index contributed by atoms with van der Waals surface area (Å²) in [6.45, 7) is 0.502. The van der Waals surface area contributed by atoms with Crippen LogP contribution in [0.15, 0.2) is 17.4 Å². The van der Waals surface area contributed by atoms with Gasteiger partial charge < -0.3 is 55.5 Å². The summed E-state index contributed by atoms with van der Waals surface area (Å²) in [4.78, 5) is 23.7. The summed E-state index contributed by atoms with van der Waals surface area (Å²) < 4.78 is 9.89. The van der Waals surface area contributed by atoms with Gasteiger partial charge in [0.2, 0.25) is 6.41 Å². The van der Waals surface area contributed by atoms with Crippen molar-refractivity contribution in [2.45, 2.75) is 42.2 Å². The molecule has 0 fully saturated rings. The van der Waals surface area contributed by atoms with Gasteiger partial charge in [-0.25, -0.2) is 4.79 Å². The van der Waals surface area contributed by atoms with Gasteiger partial charge in [-0.15, -0.1) is 0 Å². The second-order valence-electron chi connectivity index (χ2n) is 6.26. The summed E-state index contributed by atoms with van der Waals surface area (Å²) in [5.74, 6) is -6.62. The lowest BCUT2D eigenvalue weighted by Gasteiger charge is -2.42. The van der Waals surface area contributed by atoms with Crippen LogP contribution < -0.4 is 5.32 Å². The van der Waals surface area contributed by atoms with Gasteiger partial charge in [-0.3, -0.25) is 4.79 Å². The molecule has 8 N–H and O–H groups in total. The Morgan fingerprint density at radius 1 is 1.26 bits per heavy atom. The molecule has 0 saturated heterocycles. The summed E-state index contributed by atoms with van der Waals surface area (Å²) in [6.07, 6.45) is 0.337. The first-order valence-electron chi connectivity index (χ1n) is 8.31. The maximum Gasteiger partial charge on any atom is 0.348 e. The number of nitrogens with zero attached hydrogens (tertiary/aromatic N) is 2.